The van der Waals surface area contributed by atoms with Crippen LogP contribution in [-0.2, 0) is 18.3 Å². The summed E-state index contributed by atoms with van der Waals surface area (Å²) in [6, 6.07) is 2.10. The van der Waals surface area contributed by atoms with E-state index in [1.165, 1.54) is 12.1 Å². The highest BCUT2D eigenvalue weighted by atomic mass is 16.5. The number of nitrogens with zero attached hydrogens (tertiary/aromatic N) is 2. The SMILES string of the molecule is CCCCOCCNCc1cc(C)nn1C. The summed E-state index contributed by atoms with van der Waals surface area (Å²) >= 11 is 0. The largest absolute Gasteiger partial charge is 0.380 e. The van der Waals surface area contributed by atoms with Crippen LogP contribution in [0.15, 0.2) is 6.07 Å². The number of hydrogen-bond acceptors (Lipinski definition) is 3. The first kappa shape index (κ1) is 13.2. The van der Waals surface area contributed by atoms with Gasteiger partial charge in [-0.05, 0) is 19.4 Å². The highest BCUT2D eigenvalue weighted by molar-refractivity contribution is 5.08. The van der Waals surface area contributed by atoms with Gasteiger partial charge in [-0.2, -0.15) is 5.10 Å². The van der Waals surface area contributed by atoms with Crippen LogP contribution in [0.1, 0.15) is 31.2 Å². The lowest BCUT2D eigenvalue weighted by Gasteiger charge is -2.05. The third-order valence-corrected chi connectivity index (χ3v) is 2.47. The molecule has 0 amide bonds. The molecule has 0 aliphatic carbocycles. The van der Waals surface area contributed by atoms with Gasteiger partial charge in [0.2, 0.25) is 0 Å². The molecule has 16 heavy (non-hydrogen) atoms. The lowest BCUT2D eigenvalue weighted by molar-refractivity contribution is 0.132. The average Bonchev–Trinajstić information content (AvgIpc) is 2.56. The van der Waals surface area contributed by atoms with Crippen molar-refractivity contribution in [3.05, 3.63) is 17.5 Å². The van der Waals surface area contributed by atoms with Gasteiger partial charge in [0.05, 0.1) is 18.0 Å². The molecule has 0 aliphatic rings. The second kappa shape index (κ2) is 7.41. The smallest absolute Gasteiger partial charge is 0.0597 e. The zero-order chi connectivity index (χ0) is 11.8. The van der Waals surface area contributed by atoms with Crippen LogP contribution in [0.5, 0.6) is 0 Å². The van der Waals surface area contributed by atoms with Gasteiger partial charge in [-0.25, -0.2) is 0 Å². The Hall–Kier alpha value is -0.870. The van der Waals surface area contributed by atoms with Gasteiger partial charge in [-0.1, -0.05) is 13.3 Å². The van der Waals surface area contributed by atoms with Crippen LogP contribution in [-0.4, -0.2) is 29.5 Å². The van der Waals surface area contributed by atoms with Crippen molar-refractivity contribution in [2.24, 2.45) is 7.05 Å². The van der Waals surface area contributed by atoms with E-state index in [4.69, 9.17) is 4.74 Å². The fourth-order valence-corrected chi connectivity index (χ4v) is 1.54. The third-order valence-electron chi connectivity index (χ3n) is 2.47. The zero-order valence-corrected chi connectivity index (χ0v) is 10.6. The van der Waals surface area contributed by atoms with E-state index >= 15 is 0 Å². The summed E-state index contributed by atoms with van der Waals surface area (Å²) in [4.78, 5) is 0. The van der Waals surface area contributed by atoms with Crippen LogP contribution >= 0.6 is 0 Å². The number of aryl methyl sites for hydroxylation is 2. The van der Waals surface area contributed by atoms with Crippen molar-refractivity contribution < 1.29 is 4.74 Å². The molecule has 1 heterocycles. The molecule has 4 nitrogen and oxygen atoms in total. The van der Waals surface area contributed by atoms with Gasteiger partial charge in [-0.15, -0.1) is 0 Å². The standard InChI is InChI=1S/C12H23N3O/c1-4-5-7-16-8-6-13-10-12-9-11(2)14-15(12)3/h9,13H,4-8,10H2,1-3H3. The molecule has 0 atom stereocenters. The topological polar surface area (TPSA) is 39.1 Å². The molecule has 0 saturated carbocycles. The van der Waals surface area contributed by atoms with Crippen LogP contribution < -0.4 is 5.32 Å². The molecular formula is C12H23N3O. The van der Waals surface area contributed by atoms with Gasteiger partial charge in [0.25, 0.3) is 0 Å². The lowest BCUT2D eigenvalue weighted by atomic mass is 10.3. The van der Waals surface area contributed by atoms with E-state index < -0.39 is 0 Å². The van der Waals surface area contributed by atoms with Gasteiger partial charge in [-0.3, -0.25) is 4.68 Å². The summed E-state index contributed by atoms with van der Waals surface area (Å²) < 4.78 is 7.38. The van der Waals surface area contributed by atoms with Gasteiger partial charge in [0, 0.05) is 26.7 Å². The fourth-order valence-electron chi connectivity index (χ4n) is 1.54. The molecule has 1 rings (SSSR count). The molecule has 0 bridgehead atoms. The third kappa shape index (κ3) is 4.77. The normalized spacial score (nSPS) is 10.9. The minimum absolute atomic E-state index is 0.789. The number of ether oxygens (including phenoxy) is 1. The van der Waals surface area contributed by atoms with Crippen molar-refractivity contribution in [1.82, 2.24) is 15.1 Å². The molecule has 0 radical (unpaired) electrons. The van der Waals surface area contributed by atoms with Crippen LogP contribution in [0.2, 0.25) is 0 Å². The lowest BCUT2D eigenvalue weighted by Crippen LogP contribution is -2.20. The molecule has 92 valence electrons. The Labute approximate surface area is 98.0 Å². The van der Waals surface area contributed by atoms with Crippen LogP contribution in [0, 0.1) is 6.92 Å². The first-order valence-electron chi connectivity index (χ1n) is 6.02. The number of nitrogens with one attached hydrogen (secondary N) is 1. The zero-order valence-electron chi connectivity index (χ0n) is 10.6. The van der Waals surface area contributed by atoms with Gasteiger partial charge in [0.1, 0.15) is 0 Å². The number of unbranched alkanes of at least 4 members (excludes halogenated alkanes) is 1. The van der Waals surface area contributed by atoms with Crippen molar-refractivity contribution >= 4 is 0 Å². The monoisotopic (exact) mass is 225 g/mol. The molecule has 1 aromatic heterocycles. The predicted molar refractivity (Wildman–Crippen MR) is 65.4 cm³/mol. The highest BCUT2D eigenvalue weighted by Crippen LogP contribution is 2.00. The Kier molecular flexibility index (Phi) is 6.11. The minimum Gasteiger partial charge on any atom is -0.380 e. The predicted octanol–water partition coefficient (Wildman–Crippen LogP) is 1.63. The van der Waals surface area contributed by atoms with Gasteiger partial charge in [0.15, 0.2) is 0 Å². The summed E-state index contributed by atoms with van der Waals surface area (Å²) in [6.07, 6.45) is 2.35. The molecule has 0 spiro atoms. The molecule has 0 aliphatic heterocycles. The first-order valence-corrected chi connectivity index (χ1v) is 6.02. The molecule has 0 unspecified atom stereocenters. The summed E-state index contributed by atoms with van der Waals surface area (Å²) in [5.41, 5.74) is 2.28. The highest BCUT2D eigenvalue weighted by Gasteiger charge is 2.00. The second-order valence-corrected chi connectivity index (χ2v) is 4.04. The Morgan fingerprint density at radius 3 is 2.88 bits per heavy atom. The van der Waals surface area contributed by atoms with Crippen LogP contribution in [0.25, 0.3) is 0 Å². The van der Waals surface area contributed by atoms with E-state index in [1.54, 1.807) is 0 Å². The Morgan fingerprint density at radius 1 is 1.44 bits per heavy atom. The summed E-state index contributed by atoms with van der Waals surface area (Å²) in [5.74, 6) is 0. The molecule has 1 aromatic rings. The van der Waals surface area contributed by atoms with E-state index in [0.29, 0.717) is 0 Å². The molecule has 0 aromatic carbocycles. The van der Waals surface area contributed by atoms with Crippen molar-refractivity contribution in [1.29, 1.82) is 0 Å². The summed E-state index contributed by atoms with van der Waals surface area (Å²) in [5, 5.41) is 7.64. The van der Waals surface area contributed by atoms with Gasteiger partial charge < -0.3 is 10.1 Å². The van der Waals surface area contributed by atoms with E-state index in [0.717, 1.165) is 38.4 Å². The molecule has 4 heteroatoms. The molecule has 0 fully saturated rings. The Bertz CT molecular complexity index is 296. The van der Waals surface area contributed by atoms with Crippen molar-refractivity contribution in [2.45, 2.75) is 33.2 Å². The maximum atomic E-state index is 5.46. The minimum atomic E-state index is 0.789. The number of aromatic nitrogens is 2. The number of rotatable bonds is 8. The Balaban J connectivity index is 2.05. The van der Waals surface area contributed by atoms with Crippen LogP contribution in [0.4, 0.5) is 0 Å². The first-order chi connectivity index (χ1) is 7.74. The maximum absolute atomic E-state index is 5.46. The summed E-state index contributed by atoms with van der Waals surface area (Å²) in [7, 11) is 1.97. The molecule has 0 saturated heterocycles. The summed E-state index contributed by atoms with van der Waals surface area (Å²) in [6.45, 7) is 7.60. The van der Waals surface area contributed by atoms with E-state index in [-0.39, 0.29) is 0 Å². The molecular weight excluding hydrogens is 202 g/mol. The van der Waals surface area contributed by atoms with E-state index in [9.17, 15) is 0 Å². The fraction of sp³-hybridized carbons (Fsp3) is 0.750. The average molecular weight is 225 g/mol. The van der Waals surface area contributed by atoms with Crippen molar-refractivity contribution in [3.8, 4) is 0 Å². The van der Waals surface area contributed by atoms with Crippen molar-refractivity contribution in [2.75, 3.05) is 19.8 Å². The maximum Gasteiger partial charge on any atom is 0.0597 e. The quantitative estimate of drug-likeness (QED) is 0.684. The van der Waals surface area contributed by atoms with E-state index in [1.807, 2.05) is 18.7 Å². The van der Waals surface area contributed by atoms with E-state index in [2.05, 4.69) is 23.4 Å². The molecule has 1 N–H and O–H groups in total. The van der Waals surface area contributed by atoms with Gasteiger partial charge >= 0.3 is 0 Å². The number of hydrogen-bond donors (Lipinski definition) is 1. The van der Waals surface area contributed by atoms with Crippen molar-refractivity contribution in [3.63, 3.8) is 0 Å². The second-order valence-electron chi connectivity index (χ2n) is 4.04. The Morgan fingerprint density at radius 2 is 2.25 bits per heavy atom. The van der Waals surface area contributed by atoms with Crippen LogP contribution in [0.3, 0.4) is 0 Å².